The molecule has 4 bridgehead atoms. The number of halogens is 3. The second-order valence-corrected chi connectivity index (χ2v) is 15.0. The highest BCUT2D eigenvalue weighted by Gasteiger charge is 2.58. The van der Waals surface area contributed by atoms with Gasteiger partial charge in [0.05, 0.1) is 16.4 Å². The Morgan fingerprint density at radius 3 is 1.84 bits per heavy atom. The Bertz CT molecular complexity index is 978. The number of rotatable bonds is 10. The number of nitrogens with one attached hydrogen (secondary N) is 1. The molecule has 0 saturated heterocycles. The van der Waals surface area contributed by atoms with E-state index in [0.29, 0.717) is 18.3 Å². The molecule has 4 rings (SSSR count). The Morgan fingerprint density at radius 1 is 0.919 bits per heavy atom. The molecule has 1 N–H and O–H groups in total. The maximum absolute atomic E-state index is 13.5. The number of hydrogen-bond donors (Lipinski definition) is 1. The van der Waals surface area contributed by atoms with Crippen LogP contribution in [0, 0.1) is 34.5 Å². The summed E-state index contributed by atoms with van der Waals surface area (Å²) < 4.78 is 74.4. The third-order valence-electron chi connectivity index (χ3n) is 9.01. The van der Waals surface area contributed by atoms with E-state index in [2.05, 4.69) is 6.92 Å². The SMILES string of the molecule is CCC(C)(CC(C)(C)C(=O)OC1(C)C2CC3CC(C2)CC1C3)C(=O)OCC(C)(C)NS(=O)(=O)C(F)(F)F. The Kier molecular flexibility index (Phi) is 7.90. The molecule has 214 valence electrons. The average Bonchev–Trinajstić information content (AvgIpc) is 2.73. The fourth-order valence-electron chi connectivity index (χ4n) is 6.88. The first-order valence-electron chi connectivity index (χ1n) is 13.1. The van der Waals surface area contributed by atoms with Crippen LogP contribution in [-0.4, -0.2) is 43.6 Å². The van der Waals surface area contributed by atoms with E-state index in [4.69, 9.17) is 9.47 Å². The van der Waals surface area contributed by atoms with E-state index in [1.54, 1.807) is 27.7 Å². The van der Waals surface area contributed by atoms with Gasteiger partial charge in [-0.3, -0.25) is 9.59 Å². The van der Waals surface area contributed by atoms with E-state index in [9.17, 15) is 31.2 Å². The Morgan fingerprint density at radius 2 is 1.41 bits per heavy atom. The van der Waals surface area contributed by atoms with Crippen molar-refractivity contribution in [2.24, 2.45) is 34.5 Å². The van der Waals surface area contributed by atoms with Crippen molar-refractivity contribution >= 4 is 22.0 Å². The van der Waals surface area contributed by atoms with Gasteiger partial charge >= 0.3 is 27.5 Å². The molecule has 1 unspecified atom stereocenters. The zero-order valence-corrected chi connectivity index (χ0v) is 23.8. The summed E-state index contributed by atoms with van der Waals surface area (Å²) in [6.45, 7) is 10.7. The molecular formula is C26H42F3NO6S. The standard InChI is InChI=1S/C26H42F3NO6S/c1-8-24(6,21(32)35-15-23(4,5)30-37(33,34)26(27,28)29)14-22(2,3)20(31)36-25(7)18-10-16-9-17(12-18)13-19(25)11-16/h16-19,30H,8-15H2,1-7H3. The van der Waals surface area contributed by atoms with Gasteiger partial charge in [0.1, 0.15) is 12.2 Å². The highest BCUT2D eigenvalue weighted by molar-refractivity contribution is 7.90. The monoisotopic (exact) mass is 553 g/mol. The summed E-state index contributed by atoms with van der Waals surface area (Å²) in [5.41, 5.74) is -9.84. The first-order valence-corrected chi connectivity index (χ1v) is 14.6. The minimum Gasteiger partial charge on any atom is -0.463 e. The number of carbonyl (C=O) groups excluding carboxylic acids is 2. The van der Waals surface area contributed by atoms with Crippen molar-refractivity contribution in [1.82, 2.24) is 4.72 Å². The molecular weight excluding hydrogens is 511 g/mol. The lowest BCUT2D eigenvalue weighted by Crippen LogP contribution is -2.59. The molecule has 4 aliphatic carbocycles. The predicted molar refractivity (Wildman–Crippen MR) is 131 cm³/mol. The third-order valence-corrected chi connectivity index (χ3v) is 10.4. The number of ether oxygens (including phenoxy) is 2. The highest BCUT2D eigenvalue weighted by atomic mass is 32.2. The number of hydrogen-bond acceptors (Lipinski definition) is 6. The molecule has 1 atom stereocenters. The summed E-state index contributed by atoms with van der Waals surface area (Å²) in [6.07, 6.45) is 6.05. The van der Waals surface area contributed by atoms with Crippen molar-refractivity contribution in [3.8, 4) is 0 Å². The van der Waals surface area contributed by atoms with Crippen LogP contribution < -0.4 is 4.72 Å². The van der Waals surface area contributed by atoms with Crippen molar-refractivity contribution in [2.45, 2.75) is 110 Å². The summed E-state index contributed by atoms with van der Waals surface area (Å²) in [5.74, 6) is 1.09. The number of carbonyl (C=O) groups is 2. The second-order valence-electron chi connectivity index (χ2n) is 13.4. The average molecular weight is 554 g/mol. The molecule has 0 amide bonds. The van der Waals surface area contributed by atoms with Crippen LogP contribution in [0.4, 0.5) is 13.2 Å². The van der Waals surface area contributed by atoms with Gasteiger partial charge in [0.15, 0.2) is 0 Å². The first-order chi connectivity index (χ1) is 16.6. The second kappa shape index (κ2) is 9.68. The molecule has 4 saturated carbocycles. The predicted octanol–water partition coefficient (Wildman–Crippen LogP) is 5.34. The van der Waals surface area contributed by atoms with E-state index < -0.39 is 50.1 Å². The summed E-state index contributed by atoms with van der Waals surface area (Å²) in [5, 5.41) is 0. The summed E-state index contributed by atoms with van der Waals surface area (Å²) >= 11 is 0. The van der Waals surface area contributed by atoms with Crippen LogP contribution in [0.1, 0.15) is 93.4 Å². The van der Waals surface area contributed by atoms with E-state index in [1.165, 1.54) is 25.0 Å². The lowest BCUT2D eigenvalue weighted by molar-refractivity contribution is -0.212. The topological polar surface area (TPSA) is 98.8 Å². The maximum Gasteiger partial charge on any atom is 0.511 e. The molecule has 0 aromatic rings. The minimum absolute atomic E-state index is 0.111. The normalized spacial score (nSPS) is 31.6. The van der Waals surface area contributed by atoms with E-state index in [1.807, 2.05) is 0 Å². The van der Waals surface area contributed by atoms with Crippen LogP contribution >= 0.6 is 0 Å². The molecule has 0 spiro atoms. The van der Waals surface area contributed by atoms with Gasteiger partial charge < -0.3 is 9.47 Å². The lowest BCUT2D eigenvalue weighted by Gasteiger charge is -2.59. The molecule has 0 aromatic heterocycles. The number of sulfonamides is 1. The molecule has 0 aliphatic heterocycles. The van der Waals surface area contributed by atoms with Crippen LogP contribution in [0.2, 0.25) is 0 Å². The van der Waals surface area contributed by atoms with Gasteiger partial charge in [-0.2, -0.15) is 17.9 Å². The van der Waals surface area contributed by atoms with Gasteiger partial charge in [-0.1, -0.05) is 6.92 Å². The van der Waals surface area contributed by atoms with Crippen molar-refractivity contribution in [3.05, 3.63) is 0 Å². The van der Waals surface area contributed by atoms with Crippen molar-refractivity contribution in [3.63, 3.8) is 0 Å². The largest absolute Gasteiger partial charge is 0.511 e. The van der Waals surface area contributed by atoms with Crippen molar-refractivity contribution in [1.29, 1.82) is 0 Å². The highest BCUT2D eigenvalue weighted by Crippen LogP contribution is 2.60. The van der Waals surface area contributed by atoms with Crippen LogP contribution in [-0.2, 0) is 29.1 Å². The van der Waals surface area contributed by atoms with E-state index >= 15 is 0 Å². The minimum atomic E-state index is -5.61. The van der Waals surface area contributed by atoms with Crippen molar-refractivity contribution < 1.29 is 40.7 Å². The van der Waals surface area contributed by atoms with E-state index in [0.717, 1.165) is 37.5 Å². The zero-order chi connectivity index (χ0) is 28.2. The molecule has 0 heterocycles. The zero-order valence-electron chi connectivity index (χ0n) is 23.0. The van der Waals surface area contributed by atoms with Crippen LogP contribution in [0.3, 0.4) is 0 Å². The van der Waals surface area contributed by atoms with Gasteiger partial charge in [0.2, 0.25) is 0 Å². The molecule has 4 aliphatic rings. The molecule has 11 heteroatoms. The van der Waals surface area contributed by atoms with Crippen LogP contribution in [0.5, 0.6) is 0 Å². The Hall–Kier alpha value is -1.36. The fourth-order valence-corrected chi connectivity index (χ4v) is 7.79. The molecule has 4 fully saturated rings. The Labute approximate surface area is 218 Å². The maximum atomic E-state index is 13.5. The van der Waals surface area contributed by atoms with Gasteiger partial charge in [-0.15, -0.1) is 0 Å². The smallest absolute Gasteiger partial charge is 0.463 e. The molecule has 0 aromatic carbocycles. The summed E-state index contributed by atoms with van der Waals surface area (Å²) in [4.78, 5) is 26.6. The lowest BCUT2D eigenvalue weighted by atomic mass is 9.50. The number of esters is 2. The number of alkyl halides is 3. The van der Waals surface area contributed by atoms with Crippen molar-refractivity contribution in [2.75, 3.05) is 6.61 Å². The summed E-state index contributed by atoms with van der Waals surface area (Å²) in [7, 11) is -5.61. The molecule has 37 heavy (non-hydrogen) atoms. The molecule has 7 nitrogen and oxygen atoms in total. The van der Waals surface area contributed by atoms with Gasteiger partial charge in [-0.25, -0.2) is 8.42 Å². The quantitative estimate of drug-likeness (QED) is 0.367. The molecule has 0 radical (unpaired) electrons. The van der Waals surface area contributed by atoms with Gasteiger partial charge in [-0.05, 0) is 110 Å². The van der Waals surface area contributed by atoms with E-state index in [-0.39, 0.29) is 12.4 Å². The first kappa shape index (κ1) is 30.2. The Balaban J connectivity index is 1.64. The van der Waals surface area contributed by atoms with Crippen LogP contribution in [0.15, 0.2) is 0 Å². The summed E-state index contributed by atoms with van der Waals surface area (Å²) in [6, 6.07) is 0. The fraction of sp³-hybridized carbons (Fsp3) is 0.923. The third kappa shape index (κ3) is 6.12. The van der Waals surface area contributed by atoms with Crippen LogP contribution in [0.25, 0.3) is 0 Å². The van der Waals surface area contributed by atoms with Gasteiger partial charge in [0, 0.05) is 0 Å². The van der Waals surface area contributed by atoms with Gasteiger partial charge in [0.25, 0.3) is 0 Å².